The summed E-state index contributed by atoms with van der Waals surface area (Å²) in [5, 5.41) is 10.8. The van der Waals surface area contributed by atoms with Gasteiger partial charge in [0.1, 0.15) is 17.6 Å². The molecule has 13 heteroatoms. The van der Waals surface area contributed by atoms with Crippen molar-refractivity contribution < 1.29 is 32.6 Å². The van der Waals surface area contributed by atoms with E-state index in [-0.39, 0.29) is 36.1 Å². The van der Waals surface area contributed by atoms with Crippen molar-refractivity contribution in [3.63, 3.8) is 0 Å². The molecule has 38 heavy (non-hydrogen) atoms. The normalized spacial score (nSPS) is 23.9. The highest BCUT2D eigenvalue weighted by molar-refractivity contribution is 7.54. The largest absolute Gasteiger partial charge is 0.463 e. The lowest BCUT2D eigenvalue weighted by molar-refractivity contribution is -0.151. The van der Waals surface area contributed by atoms with Crippen LogP contribution < -0.4 is 10.3 Å². The first-order valence-corrected chi connectivity index (χ1v) is 13.9. The topological polar surface area (TPSA) is 152 Å². The molecule has 6 atom stereocenters. The van der Waals surface area contributed by atoms with E-state index in [0.29, 0.717) is 11.1 Å². The average Bonchev–Trinajstić information content (AvgIpc) is 3.37. The Morgan fingerprint density at radius 3 is 2.63 bits per heavy atom. The van der Waals surface area contributed by atoms with Gasteiger partial charge in [-0.05, 0) is 31.6 Å². The number of benzene rings is 1. The Morgan fingerprint density at radius 2 is 1.95 bits per heavy atom. The van der Waals surface area contributed by atoms with Crippen molar-refractivity contribution in [3.8, 4) is 5.75 Å². The van der Waals surface area contributed by atoms with E-state index in [0.717, 1.165) is 0 Å². The molecule has 4 rings (SSSR count). The van der Waals surface area contributed by atoms with E-state index in [1.54, 1.807) is 51.1 Å². The minimum absolute atomic E-state index is 0.136. The highest BCUT2D eigenvalue weighted by Gasteiger charge is 2.48. The zero-order valence-corrected chi connectivity index (χ0v) is 22.2. The molecule has 0 bridgehead atoms. The molecule has 11 nitrogen and oxygen atoms in total. The molecular formula is C25H31FN5O6P. The first kappa shape index (κ1) is 27.7. The number of ether oxygens (including phenoxy) is 1. The molecule has 2 unspecified atom stereocenters. The van der Waals surface area contributed by atoms with Crippen molar-refractivity contribution in [1.82, 2.24) is 19.5 Å². The van der Waals surface area contributed by atoms with Crippen molar-refractivity contribution in [1.29, 1.82) is 0 Å². The number of nitrogens with zero attached hydrogens (tertiary/aromatic N) is 4. The Bertz CT molecular complexity index is 1350. The van der Waals surface area contributed by atoms with Gasteiger partial charge in [-0.3, -0.25) is 9.32 Å². The summed E-state index contributed by atoms with van der Waals surface area (Å²) in [5.74, 6) is -1.89. The fourth-order valence-electron chi connectivity index (χ4n) is 4.37. The summed E-state index contributed by atoms with van der Waals surface area (Å²) in [6, 6.07) is 7.34. The van der Waals surface area contributed by atoms with Crippen LogP contribution in [0.15, 0.2) is 55.1 Å². The van der Waals surface area contributed by atoms with Gasteiger partial charge in [0.15, 0.2) is 17.6 Å². The fraction of sp³-hybridized carbons (Fsp3) is 0.440. The highest BCUT2D eigenvalue weighted by atomic mass is 31.2. The Labute approximate surface area is 219 Å². The number of alkyl halides is 1. The first-order valence-electron chi connectivity index (χ1n) is 12.1. The summed E-state index contributed by atoms with van der Waals surface area (Å²) in [6.07, 6.45) is -1.33. The summed E-state index contributed by atoms with van der Waals surface area (Å²) in [5.41, 5.74) is 6.72. The molecule has 2 aromatic heterocycles. The van der Waals surface area contributed by atoms with Gasteiger partial charge in [-0.1, -0.05) is 31.7 Å². The Morgan fingerprint density at radius 1 is 1.24 bits per heavy atom. The molecule has 3 N–H and O–H groups in total. The standard InChI is InChI=1S/C25H31FN5O6P/c1-14(2)36-25(33)15(3)11-38(34,37-17-8-6-5-7-9-17)35-10-18-16(4)21(19(26)22(18)32)31-13-30-20-23(27)28-12-29-24(20)31/h5-9,12-15,18-19,21-22,32H,4,10-11H2,1-3H3,(H2,27,28,29)/t15-,18-,19-,21+,22?,38?/m0/s1. The number of anilines is 1. The van der Waals surface area contributed by atoms with Crippen molar-refractivity contribution >= 4 is 30.5 Å². The molecule has 1 aliphatic carbocycles. The molecule has 1 aromatic carbocycles. The molecule has 2 heterocycles. The lowest BCUT2D eigenvalue weighted by atomic mass is 10.0. The van der Waals surface area contributed by atoms with Crippen molar-refractivity contribution in [3.05, 3.63) is 55.1 Å². The van der Waals surface area contributed by atoms with E-state index in [2.05, 4.69) is 21.5 Å². The predicted molar refractivity (Wildman–Crippen MR) is 138 cm³/mol. The minimum Gasteiger partial charge on any atom is -0.463 e. The van der Waals surface area contributed by atoms with Crippen LogP contribution >= 0.6 is 7.60 Å². The van der Waals surface area contributed by atoms with Crippen molar-refractivity contribution in [2.24, 2.45) is 11.8 Å². The van der Waals surface area contributed by atoms with Crippen LogP contribution in [0.1, 0.15) is 26.8 Å². The number of hydrogen-bond donors (Lipinski definition) is 2. The number of carbonyl (C=O) groups is 1. The number of para-hydroxylation sites is 1. The third-order valence-electron chi connectivity index (χ3n) is 6.27. The molecule has 0 saturated heterocycles. The smallest absolute Gasteiger partial charge is 0.380 e. The number of nitrogens with two attached hydrogens (primary N) is 1. The number of carbonyl (C=O) groups excluding carboxylic acids is 1. The number of fused-ring (bicyclic) bond motifs is 1. The van der Waals surface area contributed by atoms with Crippen LogP contribution in [0.2, 0.25) is 0 Å². The maximum absolute atomic E-state index is 15.4. The third kappa shape index (κ3) is 5.72. The summed E-state index contributed by atoms with van der Waals surface area (Å²) in [7, 11) is -3.98. The summed E-state index contributed by atoms with van der Waals surface area (Å²) >= 11 is 0. The van der Waals surface area contributed by atoms with Gasteiger partial charge < -0.3 is 24.7 Å². The molecule has 1 aliphatic rings. The number of aliphatic hydroxyl groups is 1. The minimum atomic E-state index is -3.98. The summed E-state index contributed by atoms with van der Waals surface area (Å²) in [6.45, 7) is 8.62. The second kappa shape index (κ2) is 11.2. The quantitative estimate of drug-likeness (QED) is 0.218. The first-order chi connectivity index (χ1) is 18.0. The Balaban J connectivity index is 1.55. The van der Waals surface area contributed by atoms with Crippen LogP contribution in [-0.4, -0.2) is 61.7 Å². The van der Waals surface area contributed by atoms with Crippen molar-refractivity contribution in [2.75, 3.05) is 18.5 Å². The monoisotopic (exact) mass is 547 g/mol. The Kier molecular flexibility index (Phi) is 8.15. The number of aliphatic hydroxyl groups excluding tert-OH is 1. The Hall–Kier alpha value is -3.34. The lowest BCUT2D eigenvalue weighted by Crippen LogP contribution is -2.28. The van der Waals surface area contributed by atoms with E-state index in [1.807, 2.05) is 0 Å². The number of esters is 1. The van der Waals surface area contributed by atoms with Gasteiger partial charge in [-0.2, -0.15) is 0 Å². The van der Waals surface area contributed by atoms with Crippen LogP contribution in [0.4, 0.5) is 10.2 Å². The number of imidazole rings is 1. The molecule has 0 amide bonds. The number of rotatable bonds is 10. The summed E-state index contributed by atoms with van der Waals surface area (Å²) in [4.78, 5) is 24.6. The van der Waals surface area contributed by atoms with Gasteiger partial charge in [0.25, 0.3) is 0 Å². The van der Waals surface area contributed by atoms with Gasteiger partial charge in [-0.25, -0.2) is 23.9 Å². The van der Waals surface area contributed by atoms with Crippen LogP contribution in [0.25, 0.3) is 11.2 Å². The second-order valence-electron chi connectivity index (χ2n) is 9.52. The van der Waals surface area contributed by atoms with E-state index < -0.39 is 43.7 Å². The molecule has 0 aliphatic heterocycles. The molecule has 3 aromatic rings. The molecular weight excluding hydrogens is 516 g/mol. The van der Waals surface area contributed by atoms with E-state index in [4.69, 9.17) is 19.5 Å². The number of aromatic nitrogens is 4. The lowest BCUT2D eigenvalue weighted by Gasteiger charge is -2.25. The number of hydrogen-bond acceptors (Lipinski definition) is 10. The third-order valence-corrected chi connectivity index (χ3v) is 8.30. The molecule has 204 valence electrons. The zero-order valence-electron chi connectivity index (χ0n) is 21.3. The van der Waals surface area contributed by atoms with E-state index in [1.165, 1.54) is 17.2 Å². The highest BCUT2D eigenvalue weighted by Crippen LogP contribution is 2.52. The van der Waals surface area contributed by atoms with Crippen LogP contribution in [0.3, 0.4) is 0 Å². The molecule has 0 radical (unpaired) electrons. The predicted octanol–water partition coefficient (Wildman–Crippen LogP) is 3.71. The molecule has 0 spiro atoms. The zero-order chi connectivity index (χ0) is 27.6. The van der Waals surface area contributed by atoms with Gasteiger partial charge in [-0.15, -0.1) is 0 Å². The fourth-order valence-corrected chi connectivity index (χ4v) is 6.26. The maximum atomic E-state index is 15.4. The van der Waals surface area contributed by atoms with Gasteiger partial charge >= 0.3 is 13.6 Å². The van der Waals surface area contributed by atoms with Crippen molar-refractivity contribution in [2.45, 2.75) is 45.2 Å². The van der Waals surface area contributed by atoms with Gasteiger partial charge in [0, 0.05) is 5.92 Å². The van der Waals surface area contributed by atoms with E-state index in [9.17, 15) is 14.5 Å². The second-order valence-corrected chi connectivity index (χ2v) is 11.6. The molecule has 1 saturated carbocycles. The average molecular weight is 548 g/mol. The van der Waals surface area contributed by atoms with Gasteiger partial charge in [0.2, 0.25) is 0 Å². The van der Waals surface area contributed by atoms with Crippen LogP contribution in [0, 0.1) is 11.8 Å². The number of halogens is 1. The SMILES string of the molecule is C=C1[C@@H](n2cnc3c(N)ncnc32)[C@H](F)C(O)[C@H]1COP(=O)(C[C@H](C)C(=O)OC(C)C)Oc1ccccc1. The maximum Gasteiger partial charge on any atom is 0.380 e. The molecule has 1 fully saturated rings. The number of nitrogen functional groups attached to an aromatic ring is 1. The van der Waals surface area contributed by atoms with Crippen LogP contribution in [0.5, 0.6) is 5.75 Å². The van der Waals surface area contributed by atoms with Crippen LogP contribution in [-0.2, 0) is 18.6 Å². The van der Waals surface area contributed by atoms with Gasteiger partial charge in [0.05, 0.1) is 43.3 Å². The summed E-state index contributed by atoms with van der Waals surface area (Å²) < 4.78 is 47.5. The van der Waals surface area contributed by atoms with E-state index >= 15 is 4.39 Å².